The smallest absolute Gasteiger partial charge is 0.433 e. The number of hydrogen-bond donors (Lipinski definition) is 4. The average molecular weight is 852 g/mol. The number of oxime groups is 1. The number of nitrogens with one attached hydrogen (secondary N) is 4. The molecule has 0 heterocycles. The first-order valence-electron chi connectivity index (χ1n) is 20.4. The molecule has 0 aliphatic rings. The van der Waals surface area contributed by atoms with E-state index in [9.17, 15) is 28.8 Å². The van der Waals surface area contributed by atoms with Crippen LogP contribution in [0.15, 0.2) is 90.1 Å². The van der Waals surface area contributed by atoms with Gasteiger partial charge in [-0.15, -0.1) is 0 Å². The van der Waals surface area contributed by atoms with Gasteiger partial charge in [-0.2, -0.15) is 0 Å². The van der Waals surface area contributed by atoms with Crippen molar-refractivity contribution < 1.29 is 57.3 Å². The lowest BCUT2D eigenvalue weighted by molar-refractivity contribution is -0.142. The second-order valence-electron chi connectivity index (χ2n) is 14.1. The highest BCUT2D eigenvalue weighted by Crippen LogP contribution is 2.24. The fourth-order valence-corrected chi connectivity index (χ4v) is 5.16. The summed E-state index contributed by atoms with van der Waals surface area (Å²) >= 11 is 0. The second kappa shape index (κ2) is 29.8. The molecule has 3 atom stereocenters. The topological polar surface area (TPSA) is 218 Å². The molecule has 0 bridgehead atoms. The van der Waals surface area contributed by atoms with Gasteiger partial charge >= 0.3 is 36.3 Å². The molecule has 17 nitrogen and oxygen atoms in total. The average Bonchev–Trinajstić information content (AvgIpc) is 3.23. The summed E-state index contributed by atoms with van der Waals surface area (Å²) in [4.78, 5) is 77.9. The number of rotatable bonds is 27. The minimum atomic E-state index is -1.02. The van der Waals surface area contributed by atoms with Gasteiger partial charge in [-0.25, -0.2) is 28.8 Å². The Morgan fingerprint density at radius 1 is 0.541 bits per heavy atom. The Morgan fingerprint density at radius 2 is 0.918 bits per heavy atom. The van der Waals surface area contributed by atoms with Gasteiger partial charge in [0.1, 0.15) is 31.1 Å². The molecule has 0 radical (unpaired) electrons. The first-order chi connectivity index (χ1) is 29.3. The van der Waals surface area contributed by atoms with E-state index >= 15 is 0 Å². The van der Waals surface area contributed by atoms with Gasteiger partial charge in [-0.3, -0.25) is 4.84 Å². The molecule has 0 aliphatic carbocycles. The van der Waals surface area contributed by atoms with Crippen LogP contribution in [-0.2, 0) is 38.1 Å². The lowest BCUT2D eigenvalue weighted by Gasteiger charge is -2.20. The molecule has 0 aromatic heterocycles. The Bertz CT molecular complexity index is 1740. The zero-order valence-electron chi connectivity index (χ0n) is 35.7. The van der Waals surface area contributed by atoms with Gasteiger partial charge in [0.05, 0.1) is 0 Å². The Balaban J connectivity index is 1.78. The number of amides is 4. The van der Waals surface area contributed by atoms with Crippen LogP contribution in [0.2, 0.25) is 0 Å². The molecule has 2 rings (SSSR count). The minimum Gasteiger partial charge on any atom is -0.458 e. The van der Waals surface area contributed by atoms with Crippen LogP contribution in [0.4, 0.5) is 19.2 Å². The predicted octanol–water partition coefficient (Wildman–Crippen LogP) is 7.17. The van der Waals surface area contributed by atoms with Crippen molar-refractivity contribution in [3.05, 3.63) is 96.1 Å². The molecule has 61 heavy (non-hydrogen) atoms. The minimum absolute atomic E-state index is 0.0691. The van der Waals surface area contributed by atoms with Gasteiger partial charge in [0.15, 0.2) is 6.10 Å². The van der Waals surface area contributed by atoms with Crippen molar-refractivity contribution >= 4 is 42.0 Å². The molecule has 2 aromatic carbocycles. The first kappa shape index (κ1) is 50.8. The Kier molecular flexibility index (Phi) is 24.8. The lowest BCUT2D eigenvalue weighted by Crippen LogP contribution is -2.31. The van der Waals surface area contributed by atoms with Gasteiger partial charge in [0.2, 0.25) is 0 Å². The molecule has 3 unspecified atom stereocenters. The van der Waals surface area contributed by atoms with Crippen molar-refractivity contribution in [2.24, 2.45) is 5.16 Å². The van der Waals surface area contributed by atoms with Crippen LogP contribution < -0.4 is 21.3 Å². The number of carbonyl (C=O) groups is 6. The van der Waals surface area contributed by atoms with E-state index in [2.05, 4.69) is 39.6 Å². The highest BCUT2D eigenvalue weighted by atomic mass is 16.7. The van der Waals surface area contributed by atoms with Crippen LogP contribution in [-0.4, -0.2) is 93.6 Å². The van der Waals surface area contributed by atoms with Crippen molar-refractivity contribution in [2.75, 3.05) is 39.4 Å². The summed E-state index contributed by atoms with van der Waals surface area (Å²) in [6.45, 7) is 14.6. The number of nitrogens with zero attached hydrogens (tertiary/aromatic N) is 1. The first-order valence-corrected chi connectivity index (χ1v) is 20.4. The summed E-state index contributed by atoms with van der Waals surface area (Å²) in [6.07, 6.45) is 0.896. The van der Waals surface area contributed by atoms with Crippen LogP contribution in [0.1, 0.15) is 96.3 Å². The molecule has 0 spiro atoms. The molecule has 0 saturated heterocycles. The van der Waals surface area contributed by atoms with Gasteiger partial charge in [0.25, 0.3) is 0 Å². The number of esters is 2. The van der Waals surface area contributed by atoms with Crippen molar-refractivity contribution in [3.63, 3.8) is 0 Å². The van der Waals surface area contributed by atoms with Gasteiger partial charge < -0.3 is 45.0 Å². The zero-order chi connectivity index (χ0) is 44.8. The predicted molar refractivity (Wildman–Crippen MR) is 228 cm³/mol. The Morgan fingerprint density at radius 3 is 1.33 bits per heavy atom. The summed E-state index contributed by atoms with van der Waals surface area (Å²) in [5, 5.41) is 15.0. The van der Waals surface area contributed by atoms with E-state index in [4.69, 9.17) is 28.5 Å². The maximum absolute atomic E-state index is 13.1. The summed E-state index contributed by atoms with van der Waals surface area (Å²) in [7, 11) is 0. The van der Waals surface area contributed by atoms with Crippen LogP contribution >= 0.6 is 0 Å². The highest BCUT2D eigenvalue weighted by Gasteiger charge is 2.26. The summed E-state index contributed by atoms with van der Waals surface area (Å²) in [5.41, 5.74) is 1.92. The van der Waals surface area contributed by atoms with E-state index in [1.807, 2.05) is 12.1 Å². The maximum Gasteiger partial charge on any atom is 0.433 e. The quantitative estimate of drug-likeness (QED) is 0.0134. The zero-order valence-corrected chi connectivity index (χ0v) is 35.7. The van der Waals surface area contributed by atoms with Crippen molar-refractivity contribution in [3.8, 4) is 0 Å². The van der Waals surface area contributed by atoms with Crippen LogP contribution in [0.5, 0.6) is 0 Å². The number of alkyl carbamates (subject to hydrolysis) is 3. The third kappa shape index (κ3) is 23.1. The van der Waals surface area contributed by atoms with Crippen LogP contribution in [0.3, 0.4) is 0 Å². The Labute approximate surface area is 357 Å². The fourth-order valence-electron chi connectivity index (χ4n) is 5.16. The number of hydrogen-bond acceptors (Lipinski definition) is 13. The molecular formula is C44H61N5O12. The molecule has 0 saturated carbocycles. The van der Waals surface area contributed by atoms with E-state index < -0.39 is 54.6 Å². The molecule has 4 amide bonds. The number of ether oxygens (including phenoxy) is 5. The van der Waals surface area contributed by atoms with Crippen LogP contribution in [0, 0.1) is 0 Å². The highest BCUT2D eigenvalue weighted by molar-refractivity contribution is 6.05. The van der Waals surface area contributed by atoms with Crippen molar-refractivity contribution in [1.82, 2.24) is 21.3 Å². The van der Waals surface area contributed by atoms with Crippen molar-refractivity contribution in [2.45, 2.75) is 97.4 Å². The van der Waals surface area contributed by atoms with E-state index in [1.165, 1.54) is 13.8 Å². The fraction of sp³-hybridized carbons (Fsp3) is 0.477. The SMILES string of the molecule is C=C(C)C(=O)OCC(C)OC(=O)NCCCCCCNC(=O)O/N=C(/c1ccccc1)C(OC(=O)NCCCCCCNC(=O)OC(C)COC(=O)C(=C)C)c1ccccc1. The monoisotopic (exact) mass is 851 g/mol. The van der Waals surface area contributed by atoms with Crippen LogP contribution in [0.25, 0.3) is 0 Å². The molecule has 0 fully saturated rings. The largest absolute Gasteiger partial charge is 0.458 e. The van der Waals surface area contributed by atoms with Gasteiger partial charge in [-0.1, -0.05) is 105 Å². The number of benzene rings is 2. The molecule has 0 aliphatic heterocycles. The summed E-state index contributed by atoms with van der Waals surface area (Å²) in [5.74, 6) is -1.10. The number of unbranched alkanes of at least 4 members (excludes halogenated alkanes) is 6. The maximum atomic E-state index is 13.1. The Hall–Kier alpha value is -6.39. The van der Waals surface area contributed by atoms with Gasteiger partial charge in [0, 0.05) is 42.9 Å². The van der Waals surface area contributed by atoms with E-state index in [1.54, 1.807) is 62.4 Å². The van der Waals surface area contributed by atoms with E-state index in [0.717, 1.165) is 25.7 Å². The number of carbonyl (C=O) groups excluding carboxylic acids is 6. The molecular weight excluding hydrogens is 791 g/mol. The molecule has 17 heteroatoms. The third-order valence-corrected chi connectivity index (χ3v) is 8.37. The lowest BCUT2D eigenvalue weighted by atomic mass is 9.99. The van der Waals surface area contributed by atoms with E-state index in [0.29, 0.717) is 63.0 Å². The normalized spacial score (nSPS) is 12.3. The third-order valence-electron chi connectivity index (χ3n) is 8.37. The summed E-state index contributed by atoms with van der Waals surface area (Å²) < 4.78 is 26.2. The molecule has 2 aromatic rings. The summed E-state index contributed by atoms with van der Waals surface area (Å²) in [6, 6.07) is 17.9. The molecule has 4 N–H and O–H groups in total. The van der Waals surface area contributed by atoms with E-state index in [-0.39, 0.29) is 30.1 Å². The van der Waals surface area contributed by atoms with Gasteiger partial charge in [-0.05, 0) is 58.9 Å². The standard InChI is InChI=1S/C44H61N5O12/c1-31(2)39(50)56-29-33(5)58-41(52)45-25-17-7-8-19-27-47-43(54)60-38(36-23-15-12-16-24-36)37(35-21-13-11-14-22-35)49-61-44(55)48-28-20-10-9-18-26-46-42(53)59-34(6)30-57-40(51)32(3)4/h11-16,21-24,33-34,38H,1,3,7-10,17-20,25-30H2,2,4-6H3,(H,45,52)(H,46,53)(H,47,54)(H,48,55)/b49-37-. The second-order valence-corrected chi connectivity index (χ2v) is 14.1. The molecule has 334 valence electrons. The van der Waals surface area contributed by atoms with Crippen molar-refractivity contribution in [1.29, 1.82) is 0 Å².